The Morgan fingerprint density at radius 1 is 1.19 bits per heavy atom. The van der Waals surface area contributed by atoms with Crippen molar-refractivity contribution in [2.45, 2.75) is 71.9 Å². The third kappa shape index (κ3) is 5.40. The van der Waals surface area contributed by atoms with Gasteiger partial charge in [0.05, 0.1) is 23.4 Å². The van der Waals surface area contributed by atoms with Crippen LogP contribution in [0.15, 0.2) is 30.5 Å². The second-order valence-corrected chi connectivity index (χ2v) is 10.5. The van der Waals surface area contributed by atoms with Gasteiger partial charge in [-0.2, -0.15) is 10.4 Å². The Morgan fingerprint density at radius 2 is 1.92 bits per heavy atom. The van der Waals surface area contributed by atoms with Gasteiger partial charge in [-0.25, -0.2) is 4.79 Å². The van der Waals surface area contributed by atoms with Crippen LogP contribution in [0.1, 0.15) is 80.6 Å². The molecule has 1 aliphatic rings. The van der Waals surface area contributed by atoms with Crippen molar-refractivity contribution < 1.29 is 9.53 Å². The van der Waals surface area contributed by atoms with E-state index in [1.54, 1.807) is 4.90 Å². The second kappa shape index (κ2) is 10.1. The number of amides is 1. The molecule has 0 bridgehead atoms. The summed E-state index contributed by atoms with van der Waals surface area (Å²) in [6.07, 6.45) is 3.28. The molecule has 1 aliphatic heterocycles. The lowest BCUT2D eigenvalue weighted by molar-refractivity contribution is 0.0204. The molecule has 1 amide bonds. The van der Waals surface area contributed by atoms with Crippen LogP contribution < -0.4 is 5.32 Å². The third-order valence-electron chi connectivity index (χ3n) is 6.75. The van der Waals surface area contributed by atoms with Crippen LogP contribution in [0.25, 0.3) is 10.8 Å². The van der Waals surface area contributed by atoms with Gasteiger partial charge in [0.25, 0.3) is 0 Å². The minimum absolute atomic E-state index is 0.0628. The lowest BCUT2D eigenvalue weighted by atomic mass is 9.92. The molecule has 2 aromatic heterocycles. The Bertz CT molecular complexity index is 1320. The highest BCUT2D eigenvalue weighted by molar-refractivity contribution is 5.92. The van der Waals surface area contributed by atoms with Crippen molar-refractivity contribution in [2.75, 3.05) is 18.4 Å². The predicted molar refractivity (Wildman–Crippen MR) is 140 cm³/mol. The van der Waals surface area contributed by atoms with E-state index in [1.165, 1.54) is 0 Å². The fourth-order valence-corrected chi connectivity index (χ4v) is 4.73. The number of anilines is 1. The first-order valence-electron chi connectivity index (χ1n) is 12.4. The zero-order chi connectivity index (χ0) is 26.0. The van der Waals surface area contributed by atoms with Gasteiger partial charge in [-0.3, -0.25) is 4.98 Å². The molecular weight excluding hydrogens is 452 g/mol. The number of hydrogen-bond acceptors (Lipinski definition) is 7. The fourth-order valence-electron chi connectivity index (χ4n) is 4.73. The highest BCUT2D eigenvalue weighted by atomic mass is 16.6. The van der Waals surface area contributed by atoms with Crippen molar-refractivity contribution in [1.82, 2.24) is 20.1 Å². The molecule has 3 aromatic rings. The lowest BCUT2D eigenvalue weighted by Crippen LogP contribution is -2.41. The number of benzene rings is 1. The van der Waals surface area contributed by atoms with E-state index in [1.807, 2.05) is 59.0 Å². The average Bonchev–Trinajstić information content (AvgIpc) is 2.84. The summed E-state index contributed by atoms with van der Waals surface area (Å²) in [5, 5.41) is 23.7. The van der Waals surface area contributed by atoms with Crippen LogP contribution in [0.2, 0.25) is 0 Å². The molecule has 1 N–H and O–H groups in total. The molecular formula is C28H34N6O2. The summed E-state index contributed by atoms with van der Waals surface area (Å²) in [6.45, 7) is 12.9. The highest BCUT2D eigenvalue weighted by Crippen LogP contribution is 2.33. The van der Waals surface area contributed by atoms with Crippen LogP contribution in [-0.4, -0.2) is 44.9 Å². The van der Waals surface area contributed by atoms with Crippen molar-refractivity contribution >= 4 is 22.7 Å². The Balaban J connectivity index is 1.56. The Kier molecular flexibility index (Phi) is 7.11. The summed E-state index contributed by atoms with van der Waals surface area (Å²) in [4.78, 5) is 19.0. The zero-order valence-corrected chi connectivity index (χ0v) is 21.9. The van der Waals surface area contributed by atoms with Gasteiger partial charge in [-0.05, 0) is 77.6 Å². The minimum atomic E-state index is -0.498. The summed E-state index contributed by atoms with van der Waals surface area (Å²) >= 11 is 0. The highest BCUT2D eigenvalue weighted by Gasteiger charge is 2.28. The number of ether oxygens (including phenoxy) is 1. The molecule has 0 unspecified atom stereocenters. The predicted octanol–water partition coefficient (Wildman–Crippen LogP) is 5.80. The molecule has 0 saturated carbocycles. The molecule has 188 valence electrons. The molecule has 8 nitrogen and oxygen atoms in total. The van der Waals surface area contributed by atoms with Crippen LogP contribution in [-0.2, 0) is 4.74 Å². The van der Waals surface area contributed by atoms with Gasteiger partial charge < -0.3 is 15.0 Å². The van der Waals surface area contributed by atoms with Crippen molar-refractivity contribution in [3.05, 3.63) is 58.5 Å². The van der Waals surface area contributed by atoms with Gasteiger partial charge in [-0.15, -0.1) is 5.10 Å². The summed E-state index contributed by atoms with van der Waals surface area (Å²) < 4.78 is 5.53. The van der Waals surface area contributed by atoms with Crippen LogP contribution >= 0.6 is 0 Å². The molecule has 8 heteroatoms. The number of nitrogens with one attached hydrogen (secondary N) is 1. The molecule has 1 saturated heterocycles. The normalized spacial score (nSPS) is 15.4. The standard InChI is InChI=1S/C28H34N6O2/c1-17-21(15-29)8-7-9-22(17)18(2)31-26-23-14-25(30-16-24(23)19(3)32-33-26)20-10-12-34(13-11-20)27(35)36-28(4,5)6/h7-9,14,16,18,20H,10-13H2,1-6H3,(H,31,33)/t18-/m1/s1. The fraction of sp³-hybridized carbons (Fsp3) is 0.464. The number of nitrogens with zero attached hydrogens (tertiary/aromatic N) is 5. The van der Waals surface area contributed by atoms with Gasteiger partial charge in [0.1, 0.15) is 5.60 Å². The summed E-state index contributed by atoms with van der Waals surface area (Å²) in [5.41, 5.74) is 4.01. The first-order chi connectivity index (χ1) is 17.1. The average molecular weight is 487 g/mol. The summed E-state index contributed by atoms with van der Waals surface area (Å²) in [7, 11) is 0. The Labute approximate surface area is 212 Å². The molecule has 0 spiro atoms. The number of carbonyl (C=O) groups is 1. The van der Waals surface area contributed by atoms with E-state index >= 15 is 0 Å². The number of likely N-dealkylation sites (tertiary alicyclic amines) is 1. The smallest absolute Gasteiger partial charge is 0.410 e. The van der Waals surface area contributed by atoms with E-state index in [9.17, 15) is 10.1 Å². The zero-order valence-electron chi connectivity index (χ0n) is 21.9. The van der Waals surface area contributed by atoms with Crippen molar-refractivity contribution in [3.63, 3.8) is 0 Å². The minimum Gasteiger partial charge on any atom is -0.444 e. The van der Waals surface area contributed by atoms with Crippen LogP contribution in [0.4, 0.5) is 10.6 Å². The molecule has 1 atom stereocenters. The van der Waals surface area contributed by atoms with E-state index in [-0.39, 0.29) is 18.1 Å². The monoisotopic (exact) mass is 486 g/mol. The van der Waals surface area contributed by atoms with Crippen molar-refractivity contribution in [2.24, 2.45) is 0 Å². The number of nitriles is 1. The van der Waals surface area contributed by atoms with Crippen molar-refractivity contribution in [1.29, 1.82) is 5.26 Å². The number of fused-ring (bicyclic) bond motifs is 1. The van der Waals surface area contributed by atoms with Gasteiger partial charge in [0, 0.05) is 41.7 Å². The SMILES string of the molecule is Cc1c(C#N)cccc1[C@@H](C)Nc1nnc(C)c2cnc(C3CCN(C(=O)OC(C)(C)C)CC3)cc12. The number of aromatic nitrogens is 3. The third-order valence-corrected chi connectivity index (χ3v) is 6.75. The van der Waals surface area contributed by atoms with E-state index in [4.69, 9.17) is 9.72 Å². The van der Waals surface area contributed by atoms with E-state index in [0.29, 0.717) is 24.5 Å². The molecule has 0 aliphatic carbocycles. The van der Waals surface area contributed by atoms with Crippen molar-refractivity contribution in [3.8, 4) is 6.07 Å². The van der Waals surface area contributed by atoms with Crippen LogP contribution in [0.5, 0.6) is 0 Å². The Morgan fingerprint density at radius 3 is 2.58 bits per heavy atom. The van der Waals surface area contributed by atoms with E-state index in [2.05, 4.69) is 34.6 Å². The van der Waals surface area contributed by atoms with Gasteiger partial charge in [0.15, 0.2) is 5.82 Å². The van der Waals surface area contributed by atoms with Crippen LogP contribution in [0, 0.1) is 25.2 Å². The largest absolute Gasteiger partial charge is 0.444 e. The van der Waals surface area contributed by atoms with Gasteiger partial charge in [-0.1, -0.05) is 12.1 Å². The van der Waals surface area contributed by atoms with Gasteiger partial charge in [0.2, 0.25) is 0 Å². The molecule has 4 rings (SSSR count). The molecule has 1 fully saturated rings. The topological polar surface area (TPSA) is 104 Å². The lowest BCUT2D eigenvalue weighted by Gasteiger charge is -2.33. The number of hydrogen-bond donors (Lipinski definition) is 1. The summed E-state index contributed by atoms with van der Waals surface area (Å²) in [5.74, 6) is 0.945. The number of piperidine rings is 1. The second-order valence-electron chi connectivity index (χ2n) is 10.5. The molecule has 0 radical (unpaired) electrons. The van der Waals surface area contributed by atoms with E-state index in [0.717, 1.165) is 46.1 Å². The molecule has 3 heterocycles. The quantitative estimate of drug-likeness (QED) is 0.497. The number of carbonyl (C=O) groups excluding carboxylic acids is 1. The first-order valence-corrected chi connectivity index (χ1v) is 12.4. The first kappa shape index (κ1) is 25.4. The Hall–Kier alpha value is -3.73. The maximum Gasteiger partial charge on any atom is 0.410 e. The number of aryl methyl sites for hydroxylation is 1. The maximum atomic E-state index is 12.4. The number of rotatable bonds is 4. The molecule has 1 aromatic carbocycles. The maximum absolute atomic E-state index is 12.4. The van der Waals surface area contributed by atoms with Crippen LogP contribution in [0.3, 0.4) is 0 Å². The summed E-state index contributed by atoms with van der Waals surface area (Å²) in [6, 6.07) is 10.1. The molecule has 36 heavy (non-hydrogen) atoms. The van der Waals surface area contributed by atoms with E-state index < -0.39 is 5.60 Å². The number of pyridine rings is 1. The van der Waals surface area contributed by atoms with Gasteiger partial charge >= 0.3 is 6.09 Å².